The van der Waals surface area contributed by atoms with Gasteiger partial charge in [-0.25, -0.2) is 0 Å². The molecule has 17 heavy (non-hydrogen) atoms. The molecule has 1 aliphatic rings. The fourth-order valence-electron chi connectivity index (χ4n) is 2.71. The zero-order valence-electron chi connectivity index (χ0n) is 11.8. The van der Waals surface area contributed by atoms with Crippen molar-refractivity contribution in [1.29, 1.82) is 0 Å². The van der Waals surface area contributed by atoms with E-state index >= 15 is 0 Å². The monoisotopic (exact) mass is 240 g/mol. The third-order valence-corrected chi connectivity index (χ3v) is 3.01. The van der Waals surface area contributed by atoms with Crippen molar-refractivity contribution < 1.29 is 9.59 Å². The maximum atomic E-state index is 12.1. The first-order chi connectivity index (χ1) is 7.53. The summed E-state index contributed by atoms with van der Waals surface area (Å²) in [6.07, 6.45) is 0.867. The van der Waals surface area contributed by atoms with Crippen LogP contribution in [0.5, 0.6) is 0 Å². The van der Waals surface area contributed by atoms with Crippen molar-refractivity contribution in [2.24, 2.45) is 5.41 Å². The Bertz CT molecular complexity index is 329. The Morgan fingerprint density at radius 2 is 1.76 bits per heavy atom. The molecule has 1 N–H and O–H groups in total. The van der Waals surface area contributed by atoms with E-state index in [-0.39, 0.29) is 29.3 Å². The van der Waals surface area contributed by atoms with Crippen molar-refractivity contribution in [3.63, 3.8) is 0 Å². The molecule has 1 fully saturated rings. The van der Waals surface area contributed by atoms with Crippen molar-refractivity contribution in [3.8, 4) is 0 Å². The molecule has 0 saturated carbocycles. The summed E-state index contributed by atoms with van der Waals surface area (Å²) in [7, 11) is 0. The fraction of sp³-hybridized carbons (Fsp3) is 0.846. The van der Waals surface area contributed by atoms with Gasteiger partial charge in [-0.05, 0) is 32.6 Å². The molecule has 1 aliphatic heterocycles. The number of amides is 2. The Kier molecular flexibility index (Phi) is 3.55. The summed E-state index contributed by atoms with van der Waals surface area (Å²) >= 11 is 0. The Labute approximate surface area is 104 Å². The molecule has 2 amide bonds. The van der Waals surface area contributed by atoms with Gasteiger partial charge in [0.25, 0.3) is 0 Å². The molecule has 1 atom stereocenters. The highest BCUT2D eigenvalue weighted by Gasteiger charge is 2.40. The Morgan fingerprint density at radius 1 is 1.24 bits per heavy atom. The van der Waals surface area contributed by atoms with Crippen LogP contribution in [-0.2, 0) is 9.59 Å². The molecule has 0 bridgehead atoms. The summed E-state index contributed by atoms with van der Waals surface area (Å²) in [5, 5.41) is 2.66. The van der Waals surface area contributed by atoms with Crippen LogP contribution in [0.2, 0.25) is 0 Å². The molecular formula is C13H24N2O2. The largest absolute Gasteiger partial charge is 0.343 e. The molecule has 1 saturated heterocycles. The SMILES string of the molecule is CC1NC(=O)CN(C(C)(C)CC(C)(C)C)C1=O. The molecule has 0 aromatic heterocycles. The molecule has 1 heterocycles. The average Bonchev–Trinajstić information content (AvgIpc) is 2.06. The van der Waals surface area contributed by atoms with Gasteiger partial charge < -0.3 is 10.2 Å². The highest BCUT2D eigenvalue weighted by atomic mass is 16.2. The van der Waals surface area contributed by atoms with E-state index in [0.717, 1.165) is 6.42 Å². The third kappa shape index (κ3) is 3.45. The summed E-state index contributed by atoms with van der Waals surface area (Å²) in [5.41, 5.74) is -0.164. The number of piperazine rings is 1. The van der Waals surface area contributed by atoms with Gasteiger partial charge in [0, 0.05) is 5.54 Å². The maximum absolute atomic E-state index is 12.1. The lowest BCUT2D eigenvalue weighted by Gasteiger charge is -2.45. The molecule has 98 valence electrons. The summed E-state index contributed by atoms with van der Waals surface area (Å²) in [6, 6.07) is -0.407. The summed E-state index contributed by atoms with van der Waals surface area (Å²) in [6.45, 7) is 12.4. The van der Waals surface area contributed by atoms with Crippen molar-refractivity contribution in [1.82, 2.24) is 10.2 Å². The molecule has 0 aromatic rings. The van der Waals surface area contributed by atoms with E-state index in [2.05, 4.69) is 26.1 Å². The summed E-state index contributed by atoms with van der Waals surface area (Å²) in [4.78, 5) is 25.4. The van der Waals surface area contributed by atoms with Gasteiger partial charge in [-0.3, -0.25) is 9.59 Å². The highest BCUT2D eigenvalue weighted by Crippen LogP contribution is 2.32. The number of nitrogens with one attached hydrogen (secondary N) is 1. The van der Waals surface area contributed by atoms with Crippen LogP contribution in [0.4, 0.5) is 0 Å². The number of nitrogens with zero attached hydrogens (tertiary/aromatic N) is 1. The first kappa shape index (κ1) is 14.0. The molecule has 0 radical (unpaired) electrons. The van der Waals surface area contributed by atoms with Crippen LogP contribution >= 0.6 is 0 Å². The topological polar surface area (TPSA) is 49.4 Å². The predicted octanol–water partition coefficient (Wildman–Crippen LogP) is 1.55. The van der Waals surface area contributed by atoms with Crippen molar-refractivity contribution >= 4 is 11.8 Å². The van der Waals surface area contributed by atoms with Crippen LogP contribution in [0.15, 0.2) is 0 Å². The number of carbonyl (C=O) groups is 2. The Hall–Kier alpha value is -1.06. The van der Waals surface area contributed by atoms with Crippen molar-refractivity contribution in [3.05, 3.63) is 0 Å². The van der Waals surface area contributed by atoms with Crippen LogP contribution in [0.3, 0.4) is 0 Å². The number of carbonyl (C=O) groups excluding carboxylic acids is 2. The molecule has 0 spiro atoms. The van der Waals surface area contributed by atoms with Crippen LogP contribution in [0, 0.1) is 5.41 Å². The molecular weight excluding hydrogens is 216 g/mol. The van der Waals surface area contributed by atoms with E-state index < -0.39 is 6.04 Å². The Balaban J connectivity index is 2.89. The minimum Gasteiger partial charge on any atom is -0.343 e. The summed E-state index contributed by atoms with van der Waals surface area (Å²) < 4.78 is 0. The average molecular weight is 240 g/mol. The molecule has 1 unspecified atom stereocenters. The fourth-order valence-corrected chi connectivity index (χ4v) is 2.71. The second kappa shape index (κ2) is 4.31. The minimum atomic E-state index is -0.407. The lowest BCUT2D eigenvalue weighted by Crippen LogP contribution is -2.63. The predicted molar refractivity (Wildman–Crippen MR) is 67.5 cm³/mol. The van der Waals surface area contributed by atoms with Crippen LogP contribution in [-0.4, -0.2) is 34.8 Å². The molecule has 0 aliphatic carbocycles. The zero-order valence-corrected chi connectivity index (χ0v) is 11.8. The molecule has 0 aromatic carbocycles. The second-order valence-corrected chi connectivity index (χ2v) is 6.76. The van der Waals surface area contributed by atoms with E-state index in [9.17, 15) is 9.59 Å². The minimum absolute atomic E-state index is 0.0128. The zero-order chi connectivity index (χ0) is 13.4. The van der Waals surface area contributed by atoms with Gasteiger partial charge in [-0.15, -0.1) is 0 Å². The van der Waals surface area contributed by atoms with Gasteiger partial charge in [0.05, 0.1) is 0 Å². The van der Waals surface area contributed by atoms with Gasteiger partial charge in [0.15, 0.2) is 0 Å². The van der Waals surface area contributed by atoms with Crippen LogP contribution in [0.25, 0.3) is 0 Å². The smallest absolute Gasteiger partial charge is 0.245 e. The molecule has 1 rings (SSSR count). The summed E-state index contributed by atoms with van der Waals surface area (Å²) in [5.74, 6) is -0.0575. The van der Waals surface area contributed by atoms with E-state index in [1.807, 2.05) is 13.8 Å². The van der Waals surface area contributed by atoms with Gasteiger partial charge >= 0.3 is 0 Å². The normalized spacial score (nSPS) is 22.7. The van der Waals surface area contributed by atoms with Crippen molar-refractivity contribution in [2.75, 3.05) is 6.54 Å². The van der Waals surface area contributed by atoms with Gasteiger partial charge in [0.2, 0.25) is 11.8 Å². The van der Waals surface area contributed by atoms with E-state index in [1.165, 1.54) is 0 Å². The third-order valence-electron chi connectivity index (χ3n) is 3.01. The second-order valence-electron chi connectivity index (χ2n) is 6.76. The Morgan fingerprint density at radius 3 is 2.24 bits per heavy atom. The number of rotatable bonds is 2. The number of hydrogen-bond donors (Lipinski definition) is 1. The van der Waals surface area contributed by atoms with Gasteiger partial charge in [-0.1, -0.05) is 20.8 Å². The van der Waals surface area contributed by atoms with Gasteiger partial charge in [0.1, 0.15) is 12.6 Å². The highest BCUT2D eigenvalue weighted by molar-refractivity contribution is 5.95. The molecule has 4 nitrogen and oxygen atoms in total. The lowest BCUT2D eigenvalue weighted by molar-refractivity contribution is -0.150. The number of hydrogen-bond acceptors (Lipinski definition) is 2. The standard InChI is InChI=1S/C13H24N2O2/c1-9-11(17)15(7-10(16)14-9)13(5,6)8-12(2,3)4/h9H,7-8H2,1-6H3,(H,14,16). The first-order valence-electron chi connectivity index (χ1n) is 6.14. The maximum Gasteiger partial charge on any atom is 0.245 e. The quantitative estimate of drug-likeness (QED) is 0.796. The van der Waals surface area contributed by atoms with Crippen LogP contribution in [0.1, 0.15) is 48.0 Å². The van der Waals surface area contributed by atoms with E-state index in [4.69, 9.17) is 0 Å². The van der Waals surface area contributed by atoms with Crippen LogP contribution < -0.4 is 5.32 Å². The van der Waals surface area contributed by atoms with E-state index in [1.54, 1.807) is 11.8 Å². The van der Waals surface area contributed by atoms with E-state index in [0.29, 0.717) is 0 Å². The van der Waals surface area contributed by atoms with Gasteiger partial charge in [-0.2, -0.15) is 0 Å². The lowest BCUT2D eigenvalue weighted by atomic mass is 9.80. The van der Waals surface area contributed by atoms with Crippen molar-refractivity contribution in [2.45, 2.75) is 59.5 Å². The first-order valence-corrected chi connectivity index (χ1v) is 6.14. The molecule has 4 heteroatoms.